The van der Waals surface area contributed by atoms with Gasteiger partial charge in [0.2, 0.25) is 0 Å². The maximum atomic E-state index is 14.6. The van der Waals surface area contributed by atoms with Crippen LogP contribution in [-0.2, 0) is 0 Å². The number of hydrogen-bond donors (Lipinski definition) is 4. The summed E-state index contributed by atoms with van der Waals surface area (Å²) in [6.45, 7) is 1.52. The lowest BCUT2D eigenvalue weighted by molar-refractivity contribution is 0.102. The number of carbonyl (C=O) groups excluding carboxylic acids is 1. The molecule has 0 bridgehead atoms. The fraction of sp³-hybridized carbons (Fsp3) is 0.250. The van der Waals surface area contributed by atoms with Crippen molar-refractivity contribution in [3.63, 3.8) is 0 Å². The van der Waals surface area contributed by atoms with E-state index in [9.17, 15) is 18.4 Å². The number of aromatic nitrogens is 2. The molecule has 11 heteroatoms. The number of halogens is 2. The van der Waals surface area contributed by atoms with Crippen LogP contribution in [0.2, 0.25) is 0 Å². The first-order valence-corrected chi connectivity index (χ1v) is 10.9. The fourth-order valence-corrected chi connectivity index (χ4v) is 3.66. The maximum absolute atomic E-state index is 14.6. The molecule has 9 nitrogen and oxygen atoms in total. The largest absolute Gasteiger partial charge is 0.486 e. The second-order valence-electron chi connectivity index (χ2n) is 8.11. The lowest BCUT2D eigenvalue weighted by atomic mass is 10.0. The topological polar surface area (TPSA) is 139 Å². The van der Waals surface area contributed by atoms with Gasteiger partial charge in [-0.3, -0.25) is 4.79 Å². The molecule has 1 aromatic heterocycles. The summed E-state index contributed by atoms with van der Waals surface area (Å²) in [6.07, 6.45) is 1.97. The highest BCUT2D eigenvalue weighted by Gasteiger charge is 2.25. The number of anilines is 2. The number of nitrogens with two attached hydrogens (primary N) is 1. The van der Waals surface area contributed by atoms with Gasteiger partial charge in [0.05, 0.1) is 12.1 Å². The van der Waals surface area contributed by atoms with E-state index >= 15 is 0 Å². The standard InChI is InChI=1S/C24H23F2N5O4/c1-12-17(20-21(22(27)30-11-29-20)35-7-6-28-24(33)34)9-15(25)10-19(12)31-23(32)16-5-4-14(8-18(16)26)13-2-3-13/h4-5,8-11,13,28H,2-3,6-7H2,1H3,(H,31,32)(H,33,34)(H2,27,29,30). The number of rotatable bonds is 8. The Hall–Kier alpha value is -4.28. The molecule has 0 unspecified atom stereocenters. The van der Waals surface area contributed by atoms with Crippen LogP contribution in [0.4, 0.5) is 25.1 Å². The number of carboxylic acid groups (broad SMARTS) is 1. The lowest BCUT2D eigenvalue weighted by Crippen LogP contribution is -2.26. The molecule has 1 saturated carbocycles. The normalized spacial score (nSPS) is 12.8. The summed E-state index contributed by atoms with van der Waals surface area (Å²) >= 11 is 0. The highest BCUT2D eigenvalue weighted by atomic mass is 19.1. The first-order chi connectivity index (χ1) is 16.7. The summed E-state index contributed by atoms with van der Waals surface area (Å²) in [5, 5.41) is 13.4. The van der Waals surface area contributed by atoms with Crippen molar-refractivity contribution in [3.8, 4) is 17.0 Å². The van der Waals surface area contributed by atoms with E-state index in [0.717, 1.165) is 24.5 Å². The van der Waals surface area contributed by atoms with E-state index in [1.165, 1.54) is 24.5 Å². The zero-order chi connectivity index (χ0) is 25.1. The summed E-state index contributed by atoms with van der Waals surface area (Å²) in [5.41, 5.74) is 7.59. The van der Waals surface area contributed by atoms with Crippen molar-refractivity contribution in [2.45, 2.75) is 25.7 Å². The van der Waals surface area contributed by atoms with Crippen LogP contribution in [0.3, 0.4) is 0 Å². The predicted molar refractivity (Wildman–Crippen MR) is 124 cm³/mol. The fourth-order valence-electron chi connectivity index (χ4n) is 3.66. The van der Waals surface area contributed by atoms with Crippen molar-refractivity contribution in [2.75, 3.05) is 24.2 Å². The highest BCUT2D eigenvalue weighted by Crippen LogP contribution is 2.40. The average molecular weight is 483 g/mol. The van der Waals surface area contributed by atoms with Gasteiger partial charge >= 0.3 is 6.09 Å². The summed E-state index contributed by atoms with van der Waals surface area (Å²) in [5.74, 6) is -1.70. The molecular formula is C24H23F2N5O4. The first-order valence-electron chi connectivity index (χ1n) is 10.9. The Bertz CT molecular complexity index is 1300. The molecule has 0 radical (unpaired) electrons. The number of carbonyl (C=O) groups is 2. The number of amides is 2. The van der Waals surface area contributed by atoms with Gasteiger partial charge in [0, 0.05) is 11.3 Å². The molecule has 35 heavy (non-hydrogen) atoms. The molecule has 0 saturated heterocycles. The second kappa shape index (κ2) is 9.92. The van der Waals surface area contributed by atoms with Crippen LogP contribution in [0.1, 0.15) is 40.2 Å². The molecule has 1 aliphatic carbocycles. The van der Waals surface area contributed by atoms with Crippen LogP contribution in [-0.4, -0.2) is 40.2 Å². The molecule has 2 amide bonds. The van der Waals surface area contributed by atoms with Crippen molar-refractivity contribution in [3.05, 3.63) is 65.0 Å². The van der Waals surface area contributed by atoms with Gasteiger partial charge in [-0.2, -0.15) is 0 Å². The molecule has 0 aliphatic heterocycles. The van der Waals surface area contributed by atoms with Crippen molar-refractivity contribution < 1.29 is 28.2 Å². The first kappa shape index (κ1) is 23.9. The Kier molecular flexibility index (Phi) is 6.76. The van der Waals surface area contributed by atoms with E-state index in [1.807, 2.05) is 0 Å². The van der Waals surface area contributed by atoms with Gasteiger partial charge in [-0.15, -0.1) is 0 Å². The molecule has 3 aromatic rings. The van der Waals surface area contributed by atoms with Gasteiger partial charge in [-0.05, 0) is 61.1 Å². The molecule has 0 spiro atoms. The van der Waals surface area contributed by atoms with Crippen LogP contribution in [0, 0.1) is 18.6 Å². The quantitative estimate of drug-likeness (QED) is 0.354. The molecule has 1 aliphatic rings. The summed E-state index contributed by atoms with van der Waals surface area (Å²) in [6, 6.07) is 6.83. The van der Waals surface area contributed by atoms with Crippen molar-refractivity contribution in [1.29, 1.82) is 0 Å². The van der Waals surface area contributed by atoms with E-state index in [-0.39, 0.29) is 47.2 Å². The minimum absolute atomic E-state index is 0.0301. The van der Waals surface area contributed by atoms with Gasteiger partial charge in [0.1, 0.15) is 30.3 Å². The third kappa shape index (κ3) is 5.45. The van der Waals surface area contributed by atoms with Gasteiger partial charge in [0.15, 0.2) is 11.6 Å². The van der Waals surface area contributed by atoms with Gasteiger partial charge in [-0.25, -0.2) is 23.5 Å². The van der Waals surface area contributed by atoms with E-state index in [0.29, 0.717) is 11.5 Å². The van der Waals surface area contributed by atoms with E-state index in [4.69, 9.17) is 15.6 Å². The number of nitrogens with zero attached hydrogens (tertiary/aromatic N) is 2. The highest BCUT2D eigenvalue weighted by molar-refractivity contribution is 6.05. The number of ether oxygens (including phenoxy) is 1. The van der Waals surface area contributed by atoms with Gasteiger partial charge in [-0.1, -0.05) is 6.07 Å². The molecule has 182 valence electrons. The zero-order valence-corrected chi connectivity index (χ0v) is 18.8. The zero-order valence-electron chi connectivity index (χ0n) is 18.8. The molecule has 4 rings (SSSR count). The third-order valence-corrected chi connectivity index (χ3v) is 5.62. The van der Waals surface area contributed by atoms with Crippen molar-refractivity contribution in [1.82, 2.24) is 15.3 Å². The predicted octanol–water partition coefficient (Wildman–Crippen LogP) is 4.09. The summed E-state index contributed by atoms with van der Waals surface area (Å²) < 4.78 is 34.7. The van der Waals surface area contributed by atoms with Crippen LogP contribution < -0.4 is 21.1 Å². The SMILES string of the molecule is Cc1c(NC(=O)c2ccc(C3CC3)cc2F)cc(F)cc1-c1ncnc(N)c1OCCNC(=O)O. The number of nitrogens with one attached hydrogen (secondary N) is 2. The minimum atomic E-state index is -1.22. The number of nitrogen functional groups attached to an aromatic ring is 1. The van der Waals surface area contributed by atoms with Crippen molar-refractivity contribution in [2.24, 2.45) is 0 Å². The van der Waals surface area contributed by atoms with E-state index in [1.54, 1.807) is 13.0 Å². The van der Waals surface area contributed by atoms with E-state index in [2.05, 4.69) is 20.6 Å². The Morgan fingerprint density at radius 2 is 1.97 bits per heavy atom. The maximum Gasteiger partial charge on any atom is 0.404 e. The number of benzene rings is 2. The molecule has 5 N–H and O–H groups in total. The monoisotopic (exact) mass is 483 g/mol. The molecular weight excluding hydrogens is 460 g/mol. The Balaban J connectivity index is 1.62. The smallest absolute Gasteiger partial charge is 0.404 e. The molecule has 1 fully saturated rings. The number of hydrogen-bond acceptors (Lipinski definition) is 6. The Labute approximate surface area is 199 Å². The molecule has 1 heterocycles. The Morgan fingerprint density at radius 3 is 2.66 bits per heavy atom. The van der Waals surface area contributed by atoms with Crippen LogP contribution in [0.5, 0.6) is 5.75 Å². The second-order valence-corrected chi connectivity index (χ2v) is 8.11. The van der Waals surface area contributed by atoms with Gasteiger partial charge in [0.25, 0.3) is 5.91 Å². The molecule has 0 atom stereocenters. The lowest BCUT2D eigenvalue weighted by Gasteiger charge is -2.16. The minimum Gasteiger partial charge on any atom is -0.486 e. The van der Waals surface area contributed by atoms with Crippen LogP contribution >= 0.6 is 0 Å². The average Bonchev–Trinajstić information content (AvgIpc) is 3.65. The Morgan fingerprint density at radius 1 is 1.20 bits per heavy atom. The van der Waals surface area contributed by atoms with E-state index < -0.39 is 23.6 Å². The van der Waals surface area contributed by atoms with Crippen LogP contribution in [0.25, 0.3) is 11.3 Å². The van der Waals surface area contributed by atoms with Crippen LogP contribution in [0.15, 0.2) is 36.7 Å². The van der Waals surface area contributed by atoms with Gasteiger partial charge < -0.3 is 26.2 Å². The third-order valence-electron chi connectivity index (χ3n) is 5.62. The van der Waals surface area contributed by atoms with Crippen molar-refractivity contribution >= 4 is 23.5 Å². The summed E-state index contributed by atoms with van der Waals surface area (Å²) in [7, 11) is 0. The molecule has 2 aromatic carbocycles. The summed E-state index contributed by atoms with van der Waals surface area (Å²) in [4.78, 5) is 31.5.